The maximum atomic E-state index is 4.42. The molecule has 0 spiro atoms. The van der Waals surface area contributed by atoms with Crippen LogP contribution in [0.15, 0.2) is 4.34 Å². The Kier molecular flexibility index (Phi) is 6.20. The lowest BCUT2D eigenvalue weighted by Gasteiger charge is -2.10. The normalized spacial score (nSPS) is 13.0. The molecule has 0 aliphatic carbocycles. The molecular weight excluding hydrogens is 226 g/mol. The van der Waals surface area contributed by atoms with Crippen molar-refractivity contribution in [1.29, 1.82) is 0 Å². The molecule has 0 bridgehead atoms. The Labute approximate surface area is 100 Å². The highest BCUT2D eigenvalue weighted by Crippen LogP contribution is 2.20. The molecule has 0 fully saturated rings. The first kappa shape index (κ1) is 12.9. The van der Waals surface area contributed by atoms with Gasteiger partial charge in [0, 0.05) is 18.2 Å². The Hall–Kier alpha value is -0.130. The topological polar surface area (TPSA) is 37.8 Å². The molecule has 1 unspecified atom stereocenters. The van der Waals surface area contributed by atoms with Crippen LogP contribution in [0.1, 0.15) is 33.0 Å². The number of aryl methyl sites for hydroxylation is 1. The summed E-state index contributed by atoms with van der Waals surface area (Å²) >= 11 is 3.31. The molecule has 0 radical (unpaired) electrons. The van der Waals surface area contributed by atoms with Crippen LogP contribution in [0.25, 0.3) is 0 Å². The molecule has 1 heterocycles. The molecule has 0 saturated heterocycles. The number of nitrogens with zero attached hydrogens (tertiary/aromatic N) is 2. The van der Waals surface area contributed by atoms with Crippen LogP contribution >= 0.6 is 23.3 Å². The molecule has 86 valence electrons. The summed E-state index contributed by atoms with van der Waals surface area (Å²) in [6.07, 6.45) is 2.12. The largest absolute Gasteiger partial charge is 0.313 e. The van der Waals surface area contributed by atoms with Crippen molar-refractivity contribution in [2.45, 2.75) is 44.0 Å². The van der Waals surface area contributed by atoms with Crippen LogP contribution in [0, 0.1) is 0 Å². The second kappa shape index (κ2) is 7.19. The maximum Gasteiger partial charge on any atom is 0.170 e. The fraction of sp³-hybridized carbons (Fsp3) is 0.800. The molecule has 0 aliphatic heterocycles. The van der Waals surface area contributed by atoms with E-state index in [1.807, 2.05) is 0 Å². The predicted molar refractivity (Wildman–Crippen MR) is 67.8 cm³/mol. The summed E-state index contributed by atoms with van der Waals surface area (Å²) in [5.74, 6) is 2.04. The lowest BCUT2D eigenvalue weighted by molar-refractivity contribution is 0.590. The van der Waals surface area contributed by atoms with E-state index in [0.29, 0.717) is 6.04 Å². The van der Waals surface area contributed by atoms with Crippen molar-refractivity contribution in [3.05, 3.63) is 5.82 Å². The molecule has 0 saturated carbocycles. The van der Waals surface area contributed by atoms with Gasteiger partial charge in [-0.3, -0.25) is 0 Å². The van der Waals surface area contributed by atoms with E-state index in [1.54, 1.807) is 11.8 Å². The fourth-order valence-electron chi connectivity index (χ4n) is 1.09. The second-order valence-corrected chi connectivity index (χ2v) is 5.52. The fourth-order valence-corrected chi connectivity index (χ4v) is 2.79. The van der Waals surface area contributed by atoms with Crippen LogP contribution in [0.4, 0.5) is 0 Å². The first-order valence-corrected chi connectivity index (χ1v) is 7.20. The van der Waals surface area contributed by atoms with Gasteiger partial charge in [-0.25, -0.2) is 4.98 Å². The first-order chi connectivity index (χ1) is 7.26. The molecule has 0 aliphatic rings. The molecule has 0 aromatic carbocycles. The van der Waals surface area contributed by atoms with E-state index in [2.05, 4.69) is 35.4 Å². The minimum absolute atomic E-state index is 0.545. The summed E-state index contributed by atoms with van der Waals surface area (Å²) in [5.41, 5.74) is 0. The Morgan fingerprint density at radius 1 is 1.47 bits per heavy atom. The highest BCUT2D eigenvalue weighted by molar-refractivity contribution is 8.00. The zero-order valence-electron chi connectivity index (χ0n) is 9.62. The molecule has 1 aromatic rings. The average molecular weight is 245 g/mol. The van der Waals surface area contributed by atoms with Crippen molar-refractivity contribution in [2.24, 2.45) is 0 Å². The van der Waals surface area contributed by atoms with Crippen LogP contribution in [0.2, 0.25) is 0 Å². The summed E-state index contributed by atoms with van der Waals surface area (Å²) in [5, 5.41) is 3.46. The van der Waals surface area contributed by atoms with Crippen molar-refractivity contribution < 1.29 is 0 Å². The summed E-state index contributed by atoms with van der Waals surface area (Å²) in [6, 6.07) is 0.545. The van der Waals surface area contributed by atoms with Gasteiger partial charge in [-0.15, -0.1) is 0 Å². The molecule has 15 heavy (non-hydrogen) atoms. The molecular formula is C10H19N3S2. The van der Waals surface area contributed by atoms with Crippen LogP contribution in [-0.4, -0.2) is 27.7 Å². The third kappa shape index (κ3) is 4.95. The summed E-state index contributed by atoms with van der Waals surface area (Å²) in [4.78, 5) is 4.42. The van der Waals surface area contributed by atoms with Gasteiger partial charge in [0.05, 0.1) is 0 Å². The minimum atomic E-state index is 0.545. The zero-order chi connectivity index (χ0) is 11.1. The van der Waals surface area contributed by atoms with Gasteiger partial charge < -0.3 is 5.32 Å². The van der Waals surface area contributed by atoms with Gasteiger partial charge in [-0.1, -0.05) is 25.6 Å². The smallest absolute Gasteiger partial charge is 0.170 e. The van der Waals surface area contributed by atoms with Gasteiger partial charge in [0.1, 0.15) is 5.82 Å². The first-order valence-electron chi connectivity index (χ1n) is 5.45. The van der Waals surface area contributed by atoms with E-state index in [1.165, 1.54) is 18.0 Å². The monoisotopic (exact) mass is 245 g/mol. The van der Waals surface area contributed by atoms with Gasteiger partial charge in [0.25, 0.3) is 0 Å². The predicted octanol–water partition coefficient (Wildman–Crippen LogP) is 2.58. The lowest BCUT2D eigenvalue weighted by Crippen LogP contribution is -2.28. The Morgan fingerprint density at radius 3 is 2.87 bits per heavy atom. The maximum absolute atomic E-state index is 4.42. The number of hydrogen-bond donors (Lipinski definition) is 1. The quantitative estimate of drug-likeness (QED) is 0.749. The molecule has 1 aromatic heterocycles. The van der Waals surface area contributed by atoms with E-state index >= 15 is 0 Å². The van der Waals surface area contributed by atoms with E-state index in [-0.39, 0.29) is 0 Å². The summed E-state index contributed by atoms with van der Waals surface area (Å²) in [6.45, 7) is 7.58. The van der Waals surface area contributed by atoms with Crippen LogP contribution < -0.4 is 5.32 Å². The number of thioether (sulfide) groups is 1. The van der Waals surface area contributed by atoms with Gasteiger partial charge in [-0.05, 0) is 31.4 Å². The van der Waals surface area contributed by atoms with Crippen LogP contribution in [0.5, 0.6) is 0 Å². The molecule has 0 amide bonds. The average Bonchev–Trinajstić information content (AvgIpc) is 2.71. The number of aromatic nitrogens is 2. The van der Waals surface area contributed by atoms with E-state index in [9.17, 15) is 0 Å². The van der Waals surface area contributed by atoms with Crippen molar-refractivity contribution >= 4 is 23.3 Å². The highest BCUT2D eigenvalue weighted by Gasteiger charge is 2.05. The van der Waals surface area contributed by atoms with Crippen LogP contribution in [0.3, 0.4) is 0 Å². The van der Waals surface area contributed by atoms with E-state index < -0.39 is 0 Å². The zero-order valence-corrected chi connectivity index (χ0v) is 11.2. The minimum Gasteiger partial charge on any atom is -0.313 e. The number of rotatable bonds is 7. The highest BCUT2D eigenvalue weighted by atomic mass is 32.2. The summed E-state index contributed by atoms with van der Waals surface area (Å²) < 4.78 is 5.36. The lowest BCUT2D eigenvalue weighted by atomic mass is 10.3. The SMILES string of the molecule is CCCNC(C)CSc1nc(CC)ns1. The molecule has 1 N–H and O–H groups in total. The van der Waals surface area contributed by atoms with Crippen molar-refractivity contribution in [1.82, 2.24) is 14.7 Å². The summed E-state index contributed by atoms with van der Waals surface area (Å²) in [7, 11) is 0. The van der Waals surface area contributed by atoms with Gasteiger partial charge in [0.15, 0.2) is 4.34 Å². The molecule has 5 heteroatoms. The van der Waals surface area contributed by atoms with E-state index in [4.69, 9.17) is 0 Å². The van der Waals surface area contributed by atoms with Crippen LogP contribution in [-0.2, 0) is 6.42 Å². The standard InChI is InChI=1S/C10H19N3S2/c1-4-6-11-8(3)7-14-10-12-9(5-2)13-15-10/h8,11H,4-7H2,1-3H3. The van der Waals surface area contributed by atoms with Crippen molar-refractivity contribution in [3.8, 4) is 0 Å². The van der Waals surface area contributed by atoms with Gasteiger partial charge in [-0.2, -0.15) is 4.37 Å². The molecule has 1 rings (SSSR count). The Morgan fingerprint density at radius 2 is 2.27 bits per heavy atom. The number of hydrogen-bond acceptors (Lipinski definition) is 5. The molecule has 1 atom stereocenters. The Bertz CT molecular complexity index is 275. The van der Waals surface area contributed by atoms with Gasteiger partial charge >= 0.3 is 0 Å². The number of nitrogens with one attached hydrogen (secondary N) is 1. The van der Waals surface area contributed by atoms with Crippen molar-refractivity contribution in [2.75, 3.05) is 12.3 Å². The van der Waals surface area contributed by atoms with Crippen molar-refractivity contribution in [3.63, 3.8) is 0 Å². The van der Waals surface area contributed by atoms with Gasteiger partial charge in [0.2, 0.25) is 0 Å². The van der Waals surface area contributed by atoms with E-state index in [0.717, 1.165) is 28.9 Å². The molecule has 3 nitrogen and oxygen atoms in total. The third-order valence-electron chi connectivity index (χ3n) is 1.97. The Balaban J connectivity index is 2.24. The second-order valence-electron chi connectivity index (χ2n) is 3.50. The third-order valence-corrected chi connectivity index (χ3v) is 4.10.